The molecule has 1 aromatic rings. The van der Waals surface area contributed by atoms with Gasteiger partial charge in [-0.3, -0.25) is 0 Å². The van der Waals surface area contributed by atoms with Crippen molar-refractivity contribution in [1.29, 1.82) is 0 Å². The predicted octanol–water partition coefficient (Wildman–Crippen LogP) is 2.18. The van der Waals surface area contributed by atoms with Gasteiger partial charge in [-0.25, -0.2) is 13.1 Å². The van der Waals surface area contributed by atoms with Gasteiger partial charge in [0.2, 0.25) is 10.0 Å². The summed E-state index contributed by atoms with van der Waals surface area (Å²) in [5.74, 6) is 0.384. The molecule has 0 spiro atoms. The fraction of sp³-hybridized carbons (Fsp3) is 0.500. The molecule has 1 aliphatic rings. The molecule has 1 saturated carbocycles. The normalized spacial score (nSPS) is 23.4. The molecule has 0 amide bonds. The highest BCUT2D eigenvalue weighted by atomic mass is 32.2. The van der Waals surface area contributed by atoms with Gasteiger partial charge in [0, 0.05) is 11.6 Å². The minimum absolute atomic E-state index is 0.0315. The van der Waals surface area contributed by atoms with Crippen LogP contribution in [0.15, 0.2) is 29.2 Å². The molecule has 6 heteroatoms. The standard InChI is InChI=1S/C14H20N2O2S2/c1-10-4-2-3-5-13(10)16-20(17,18)12-8-6-11(7-9-12)14(15)19/h6-10,13,16H,2-5H2,1H3,(H2,15,19). The summed E-state index contributed by atoms with van der Waals surface area (Å²) in [6, 6.07) is 6.40. The fourth-order valence-corrected chi connectivity index (χ4v) is 4.07. The van der Waals surface area contributed by atoms with Crippen molar-refractivity contribution in [3.8, 4) is 0 Å². The lowest BCUT2D eigenvalue weighted by Gasteiger charge is -2.29. The summed E-state index contributed by atoms with van der Waals surface area (Å²) in [5, 5.41) is 0. The van der Waals surface area contributed by atoms with Crippen LogP contribution in [0.1, 0.15) is 38.2 Å². The first-order chi connectivity index (χ1) is 9.40. The molecule has 0 aromatic heterocycles. The number of sulfonamides is 1. The lowest BCUT2D eigenvalue weighted by molar-refractivity contribution is 0.310. The third kappa shape index (κ3) is 3.56. The van der Waals surface area contributed by atoms with Crippen LogP contribution in [0.3, 0.4) is 0 Å². The summed E-state index contributed by atoms with van der Waals surface area (Å²) in [4.78, 5) is 0.526. The van der Waals surface area contributed by atoms with Crippen molar-refractivity contribution in [2.24, 2.45) is 11.7 Å². The Kier molecular flexibility index (Phi) is 4.78. The van der Waals surface area contributed by atoms with Gasteiger partial charge in [0.25, 0.3) is 0 Å². The second-order valence-electron chi connectivity index (χ2n) is 5.38. The van der Waals surface area contributed by atoms with E-state index in [-0.39, 0.29) is 15.9 Å². The third-order valence-electron chi connectivity index (χ3n) is 3.87. The van der Waals surface area contributed by atoms with Gasteiger partial charge in [-0.1, -0.05) is 44.1 Å². The summed E-state index contributed by atoms with van der Waals surface area (Å²) >= 11 is 4.86. The molecule has 0 saturated heterocycles. The van der Waals surface area contributed by atoms with E-state index in [4.69, 9.17) is 18.0 Å². The number of thiocarbonyl (C=S) groups is 1. The highest BCUT2D eigenvalue weighted by molar-refractivity contribution is 7.89. The second kappa shape index (κ2) is 6.20. The van der Waals surface area contributed by atoms with Gasteiger partial charge >= 0.3 is 0 Å². The summed E-state index contributed by atoms with van der Waals surface area (Å²) in [7, 11) is -3.47. The smallest absolute Gasteiger partial charge is 0.240 e. The number of rotatable bonds is 4. The van der Waals surface area contributed by atoms with Gasteiger partial charge in [0.05, 0.1) is 4.90 Å². The van der Waals surface area contributed by atoms with E-state index in [0.717, 1.165) is 19.3 Å². The lowest BCUT2D eigenvalue weighted by Crippen LogP contribution is -2.40. The van der Waals surface area contributed by atoms with Gasteiger partial charge in [0.1, 0.15) is 4.99 Å². The molecule has 3 N–H and O–H groups in total. The number of nitrogens with two attached hydrogens (primary N) is 1. The number of hydrogen-bond acceptors (Lipinski definition) is 3. The van der Waals surface area contributed by atoms with Crippen LogP contribution >= 0.6 is 12.2 Å². The zero-order valence-corrected chi connectivity index (χ0v) is 13.1. The van der Waals surface area contributed by atoms with E-state index in [0.29, 0.717) is 11.5 Å². The van der Waals surface area contributed by atoms with Crippen LogP contribution in [0, 0.1) is 5.92 Å². The molecule has 0 heterocycles. The van der Waals surface area contributed by atoms with Crippen LogP contribution in [-0.4, -0.2) is 19.4 Å². The maximum atomic E-state index is 12.4. The van der Waals surface area contributed by atoms with Crippen molar-refractivity contribution >= 4 is 27.2 Å². The van der Waals surface area contributed by atoms with Crippen LogP contribution in [0.5, 0.6) is 0 Å². The first kappa shape index (κ1) is 15.4. The number of benzene rings is 1. The Balaban J connectivity index is 2.15. The molecule has 1 aliphatic carbocycles. The van der Waals surface area contributed by atoms with Crippen LogP contribution in [-0.2, 0) is 10.0 Å². The average Bonchev–Trinajstić information content (AvgIpc) is 2.41. The molecule has 0 radical (unpaired) electrons. The molecular formula is C14H20N2O2S2. The molecule has 2 unspecified atom stereocenters. The zero-order valence-electron chi connectivity index (χ0n) is 11.5. The van der Waals surface area contributed by atoms with Crippen LogP contribution in [0.2, 0.25) is 0 Å². The average molecular weight is 312 g/mol. The van der Waals surface area contributed by atoms with Gasteiger partial charge in [-0.05, 0) is 30.9 Å². The van der Waals surface area contributed by atoms with Gasteiger partial charge in [-0.15, -0.1) is 0 Å². The Morgan fingerprint density at radius 2 is 1.85 bits per heavy atom. The molecule has 4 nitrogen and oxygen atoms in total. The Bertz CT molecular complexity index is 582. The number of hydrogen-bond donors (Lipinski definition) is 2. The summed E-state index contributed by atoms with van der Waals surface area (Å²) < 4.78 is 27.5. The van der Waals surface area contributed by atoms with E-state index in [1.54, 1.807) is 24.3 Å². The largest absolute Gasteiger partial charge is 0.389 e. The van der Waals surface area contributed by atoms with Crippen LogP contribution in [0.25, 0.3) is 0 Å². The molecule has 1 aromatic carbocycles. The van der Waals surface area contributed by atoms with Crippen LogP contribution < -0.4 is 10.5 Å². The first-order valence-corrected chi connectivity index (χ1v) is 8.71. The maximum Gasteiger partial charge on any atom is 0.240 e. The molecule has 20 heavy (non-hydrogen) atoms. The summed E-state index contributed by atoms with van der Waals surface area (Å²) in [5.41, 5.74) is 6.18. The summed E-state index contributed by atoms with van der Waals surface area (Å²) in [6.07, 6.45) is 4.25. The van der Waals surface area contributed by atoms with Gasteiger partial charge < -0.3 is 5.73 Å². The van der Waals surface area contributed by atoms with Crippen molar-refractivity contribution in [2.45, 2.75) is 43.5 Å². The highest BCUT2D eigenvalue weighted by Crippen LogP contribution is 2.25. The third-order valence-corrected chi connectivity index (χ3v) is 5.61. The topological polar surface area (TPSA) is 72.2 Å². The Morgan fingerprint density at radius 3 is 2.40 bits per heavy atom. The summed E-state index contributed by atoms with van der Waals surface area (Å²) in [6.45, 7) is 2.10. The Morgan fingerprint density at radius 1 is 1.25 bits per heavy atom. The lowest BCUT2D eigenvalue weighted by atomic mass is 9.87. The second-order valence-corrected chi connectivity index (χ2v) is 7.53. The first-order valence-electron chi connectivity index (χ1n) is 6.82. The molecule has 2 rings (SSSR count). The molecule has 1 fully saturated rings. The van der Waals surface area contributed by atoms with E-state index in [1.807, 2.05) is 0 Å². The quantitative estimate of drug-likeness (QED) is 0.836. The van der Waals surface area contributed by atoms with Crippen molar-refractivity contribution in [3.63, 3.8) is 0 Å². The van der Waals surface area contributed by atoms with E-state index in [9.17, 15) is 8.42 Å². The van der Waals surface area contributed by atoms with E-state index >= 15 is 0 Å². The molecule has 0 bridgehead atoms. The zero-order chi connectivity index (χ0) is 14.8. The molecule has 110 valence electrons. The molecular weight excluding hydrogens is 292 g/mol. The van der Waals surface area contributed by atoms with Gasteiger partial charge in [0.15, 0.2) is 0 Å². The van der Waals surface area contributed by atoms with Gasteiger partial charge in [-0.2, -0.15) is 0 Å². The monoisotopic (exact) mass is 312 g/mol. The van der Waals surface area contributed by atoms with Crippen molar-refractivity contribution < 1.29 is 8.42 Å². The minimum Gasteiger partial charge on any atom is -0.389 e. The maximum absolute atomic E-state index is 12.4. The highest BCUT2D eigenvalue weighted by Gasteiger charge is 2.26. The Labute approximate surface area is 125 Å². The van der Waals surface area contributed by atoms with E-state index in [2.05, 4.69) is 11.6 Å². The van der Waals surface area contributed by atoms with Crippen molar-refractivity contribution in [1.82, 2.24) is 4.72 Å². The SMILES string of the molecule is CC1CCCCC1NS(=O)(=O)c1ccc(C(N)=S)cc1. The van der Waals surface area contributed by atoms with Crippen LogP contribution in [0.4, 0.5) is 0 Å². The molecule has 2 atom stereocenters. The van der Waals surface area contributed by atoms with E-state index in [1.165, 1.54) is 6.42 Å². The predicted molar refractivity (Wildman–Crippen MR) is 84.1 cm³/mol. The minimum atomic E-state index is -3.47. The van der Waals surface area contributed by atoms with E-state index < -0.39 is 10.0 Å². The van der Waals surface area contributed by atoms with Crippen molar-refractivity contribution in [2.75, 3.05) is 0 Å². The number of nitrogens with one attached hydrogen (secondary N) is 1. The molecule has 0 aliphatic heterocycles. The van der Waals surface area contributed by atoms with Crippen molar-refractivity contribution in [3.05, 3.63) is 29.8 Å². The fourth-order valence-electron chi connectivity index (χ4n) is 2.56. The Hall–Kier alpha value is -0.980.